The van der Waals surface area contributed by atoms with E-state index in [-0.39, 0.29) is 5.91 Å². The first-order valence-electron chi connectivity index (χ1n) is 9.71. The van der Waals surface area contributed by atoms with Gasteiger partial charge in [0.25, 0.3) is 5.91 Å². The van der Waals surface area contributed by atoms with Gasteiger partial charge in [0, 0.05) is 25.8 Å². The van der Waals surface area contributed by atoms with Gasteiger partial charge in [-0.3, -0.25) is 4.79 Å². The SMILES string of the molecule is CN(C)CCCNc1ccc(C(=O)Nc2ccccc2N2CCOCC2)cn1. The molecule has 3 rings (SSSR count). The maximum Gasteiger partial charge on any atom is 0.257 e. The number of morpholine rings is 1. The molecule has 1 aromatic heterocycles. The van der Waals surface area contributed by atoms with E-state index in [0.717, 1.165) is 49.8 Å². The van der Waals surface area contributed by atoms with Crippen LogP contribution in [0.2, 0.25) is 0 Å². The Balaban J connectivity index is 1.59. The highest BCUT2D eigenvalue weighted by Crippen LogP contribution is 2.26. The van der Waals surface area contributed by atoms with E-state index in [1.807, 2.05) is 30.3 Å². The lowest BCUT2D eigenvalue weighted by atomic mass is 10.2. The van der Waals surface area contributed by atoms with Crippen molar-refractivity contribution in [2.45, 2.75) is 6.42 Å². The highest BCUT2D eigenvalue weighted by Gasteiger charge is 2.16. The average Bonchev–Trinajstić information content (AvgIpc) is 2.72. The van der Waals surface area contributed by atoms with E-state index < -0.39 is 0 Å². The Morgan fingerprint density at radius 2 is 1.96 bits per heavy atom. The highest BCUT2D eigenvalue weighted by molar-refractivity contribution is 6.05. The Kier molecular flexibility index (Phi) is 7.22. The molecule has 150 valence electrons. The molecule has 7 heteroatoms. The quantitative estimate of drug-likeness (QED) is 0.683. The molecule has 7 nitrogen and oxygen atoms in total. The van der Waals surface area contributed by atoms with Crippen molar-refractivity contribution in [3.63, 3.8) is 0 Å². The predicted octanol–water partition coefficient (Wildman–Crippen LogP) is 2.53. The van der Waals surface area contributed by atoms with E-state index in [2.05, 4.69) is 39.5 Å². The topological polar surface area (TPSA) is 69.7 Å². The Morgan fingerprint density at radius 1 is 1.18 bits per heavy atom. The fraction of sp³-hybridized carbons (Fsp3) is 0.429. The standard InChI is InChI=1S/C21H29N5O2/c1-25(2)11-5-10-22-20-9-8-17(16-23-20)21(27)24-18-6-3-4-7-19(18)26-12-14-28-15-13-26/h3-4,6-9,16H,5,10-15H2,1-2H3,(H,22,23)(H,24,27). The highest BCUT2D eigenvalue weighted by atomic mass is 16.5. The number of rotatable bonds is 8. The zero-order valence-corrected chi connectivity index (χ0v) is 16.6. The third-order valence-electron chi connectivity index (χ3n) is 4.62. The summed E-state index contributed by atoms with van der Waals surface area (Å²) in [5.74, 6) is 0.622. The minimum Gasteiger partial charge on any atom is -0.378 e. The molecule has 0 aliphatic carbocycles. The second kappa shape index (κ2) is 10.1. The molecule has 2 N–H and O–H groups in total. The van der Waals surface area contributed by atoms with Gasteiger partial charge in [-0.25, -0.2) is 4.98 Å². The Hall–Kier alpha value is -2.64. The molecular formula is C21H29N5O2. The number of nitrogens with zero attached hydrogens (tertiary/aromatic N) is 3. The molecule has 1 amide bonds. The summed E-state index contributed by atoms with van der Waals surface area (Å²) in [4.78, 5) is 21.4. The molecule has 0 radical (unpaired) electrons. The fourth-order valence-corrected chi connectivity index (χ4v) is 3.10. The molecular weight excluding hydrogens is 354 g/mol. The summed E-state index contributed by atoms with van der Waals surface area (Å²) < 4.78 is 5.42. The number of aromatic nitrogens is 1. The molecule has 2 heterocycles. The summed E-state index contributed by atoms with van der Waals surface area (Å²) in [6, 6.07) is 11.5. The van der Waals surface area contributed by atoms with Crippen molar-refractivity contribution in [2.24, 2.45) is 0 Å². The number of hydrogen-bond donors (Lipinski definition) is 2. The van der Waals surface area contributed by atoms with Crippen molar-refractivity contribution in [3.05, 3.63) is 48.2 Å². The zero-order chi connectivity index (χ0) is 19.8. The number of hydrogen-bond acceptors (Lipinski definition) is 6. The number of anilines is 3. The number of pyridine rings is 1. The van der Waals surface area contributed by atoms with Gasteiger partial charge in [0.2, 0.25) is 0 Å². The monoisotopic (exact) mass is 383 g/mol. The van der Waals surface area contributed by atoms with Crippen LogP contribution in [0.25, 0.3) is 0 Å². The lowest BCUT2D eigenvalue weighted by Crippen LogP contribution is -2.36. The van der Waals surface area contributed by atoms with Gasteiger partial charge in [-0.2, -0.15) is 0 Å². The molecule has 1 aliphatic heterocycles. The molecule has 0 bridgehead atoms. The van der Waals surface area contributed by atoms with E-state index in [0.29, 0.717) is 18.8 Å². The maximum atomic E-state index is 12.7. The minimum atomic E-state index is -0.160. The summed E-state index contributed by atoms with van der Waals surface area (Å²) in [7, 11) is 4.12. The van der Waals surface area contributed by atoms with Gasteiger partial charge in [0.15, 0.2) is 0 Å². The van der Waals surface area contributed by atoms with Gasteiger partial charge in [-0.1, -0.05) is 12.1 Å². The van der Waals surface area contributed by atoms with Crippen LogP contribution in [0.5, 0.6) is 0 Å². The fourth-order valence-electron chi connectivity index (χ4n) is 3.10. The largest absolute Gasteiger partial charge is 0.378 e. The van der Waals surface area contributed by atoms with Crippen LogP contribution in [0.15, 0.2) is 42.6 Å². The van der Waals surface area contributed by atoms with Crippen molar-refractivity contribution < 1.29 is 9.53 Å². The summed E-state index contributed by atoms with van der Waals surface area (Å²) in [5.41, 5.74) is 2.36. The number of para-hydroxylation sites is 2. The normalized spacial score (nSPS) is 14.2. The van der Waals surface area contributed by atoms with Gasteiger partial charge in [0.05, 0.1) is 30.2 Å². The Morgan fingerprint density at radius 3 is 2.68 bits per heavy atom. The first-order chi connectivity index (χ1) is 13.6. The van der Waals surface area contributed by atoms with Gasteiger partial charge < -0.3 is 25.2 Å². The molecule has 0 spiro atoms. The van der Waals surface area contributed by atoms with Crippen molar-refractivity contribution in [3.8, 4) is 0 Å². The first kappa shape index (κ1) is 20.1. The smallest absolute Gasteiger partial charge is 0.257 e. The van der Waals surface area contributed by atoms with Crippen LogP contribution < -0.4 is 15.5 Å². The van der Waals surface area contributed by atoms with E-state index in [4.69, 9.17) is 4.74 Å². The van der Waals surface area contributed by atoms with Crippen molar-refractivity contribution in [2.75, 3.05) is 69.0 Å². The predicted molar refractivity (Wildman–Crippen MR) is 113 cm³/mol. The van der Waals surface area contributed by atoms with Crippen LogP contribution in [0.4, 0.5) is 17.2 Å². The molecule has 2 aromatic rings. The minimum absolute atomic E-state index is 0.160. The van der Waals surface area contributed by atoms with E-state index in [1.54, 1.807) is 12.3 Å². The lowest BCUT2D eigenvalue weighted by Gasteiger charge is -2.30. The van der Waals surface area contributed by atoms with Gasteiger partial charge in [-0.05, 0) is 51.3 Å². The maximum absolute atomic E-state index is 12.7. The van der Waals surface area contributed by atoms with E-state index in [1.165, 1.54) is 0 Å². The van der Waals surface area contributed by atoms with E-state index in [9.17, 15) is 4.79 Å². The molecule has 28 heavy (non-hydrogen) atoms. The van der Waals surface area contributed by atoms with Crippen LogP contribution in [-0.4, -0.2) is 69.3 Å². The second-order valence-electron chi connectivity index (χ2n) is 7.09. The van der Waals surface area contributed by atoms with Crippen LogP contribution in [0, 0.1) is 0 Å². The summed E-state index contributed by atoms with van der Waals surface area (Å²) in [6.45, 7) is 4.93. The number of amides is 1. The number of carbonyl (C=O) groups excluding carboxylic acids is 1. The summed E-state index contributed by atoms with van der Waals surface area (Å²) in [5, 5.41) is 6.30. The number of ether oxygens (including phenoxy) is 1. The molecule has 0 atom stereocenters. The van der Waals surface area contributed by atoms with Gasteiger partial charge in [-0.15, -0.1) is 0 Å². The van der Waals surface area contributed by atoms with Crippen LogP contribution >= 0.6 is 0 Å². The molecule has 1 aliphatic rings. The Labute approximate surface area is 166 Å². The van der Waals surface area contributed by atoms with Gasteiger partial charge >= 0.3 is 0 Å². The molecule has 0 unspecified atom stereocenters. The molecule has 0 saturated carbocycles. The third kappa shape index (κ3) is 5.68. The number of carbonyl (C=O) groups is 1. The molecule has 1 aromatic carbocycles. The van der Waals surface area contributed by atoms with Crippen LogP contribution in [0.3, 0.4) is 0 Å². The van der Waals surface area contributed by atoms with Gasteiger partial charge in [0.1, 0.15) is 5.82 Å². The average molecular weight is 383 g/mol. The van der Waals surface area contributed by atoms with Crippen LogP contribution in [0.1, 0.15) is 16.8 Å². The molecule has 1 saturated heterocycles. The van der Waals surface area contributed by atoms with Crippen molar-refractivity contribution >= 4 is 23.1 Å². The number of benzene rings is 1. The Bertz CT molecular complexity index is 758. The second-order valence-corrected chi connectivity index (χ2v) is 7.09. The van der Waals surface area contributed by atoms with Crippen molar-refractivity contribution in [1.82, 2.24) is 9.88 Å². The third-order valence-corrected chi connectivity index (χ3v) is 4.62. The van der Waals surface area contributed by atoms with E-state index >= 15 is 0 Å². The zero-order valence-electron chi connectivity index (χ0n) is 16.6. The van der Waals surface area contributed by atoms with Crippen molar-refractivity contribution in [1.29, 1.82) is 0 Å². The number of nitrogens with one attached hydrogen (secondary N) is 2. The first-order valence-corrected chi connectivity index (χ1v) is 9.71. The molecule has 1 fully saturated rings. The summed E-state index contributed by atoms with van der Waals surface area (Å²) in [6.07, 6.45) is 2.65. The van der Waals surface area contributed by atoms with Crippen LogP contribution in [-0.2, 0) is 4.74 Å². The summed E-state index contributed by atoms with van der Waals surface area (Å²) >= 11 is 0. The lowest BCUT2D eigenvalue weighted by molar-refractivity contribution is 0.102.